The highest BCUT2D eigenvalue weighted by Crippen LogP contribution is 2.28. The number of hydrogen-bond donors (Lipinski definition) is 0. The van der Waals surface area contributed by atoms with Crippen LogP contribution in [0.15, 0.2) is 0 Å². The van der Waals surface area contributed by atoms with Gasteiger partial charge in [-0.15, -0.1) is 24.8 Å². The molecule has 7 heteroatoms. The molecule has 10 heavy (non-hydrogen) atoms. The largest absolute Gasteiger partial charge is 0.527 e. The van der Waals surface area contributed by atoms with Crippen LogP contribution in [0.1, 0.15) is 0 Å². The fourth-order valence-corrected chi connectivity index (χ4v) is 0.251. The van der Waals surface area contributed by atoms with Gasteiger partial charge >= 0.3 is 12.5 Å². The van der Waals surface area contributed by atoms with Crippen LogP contribution in [0.3, 0.4) is 0 Å². The number of ether oxygens (including phenoxy) is 1. The van der Waals surface area contributed by atoms with E-state index >= 15 is 0 Å². The Morgan fingerprint density at radius 1 is 1.10 bits per heavy atom. The minimum atomic E-state index is -5.35. The molecule has 0 radical (unpaired) electrons. The molecule has 0 amide bonds. The molecule has 0 unspecified atom stereocenters. The van der Waals surface area contributed by atoms with Gasteiger partial charge in [0, 0.05) is 0 Å². The van der Waals surface area contributed by atoms with E-state index in [1.54, 1.807) is 0 Å². The van der Waals surface area contributed by atoms with E-state index in [2.05, 4.69) is 16.3 Å². The summed E-state index contributed by atoms with van der Waals surface area (Å²) in [4.78, 5) is 0. The van der Waals surface area contributed by atoms with Crippen LogP contribution < -0.4 is 0 Å². The van der Waals surface area contributed by atoms with Crippen LogP contribution in [0.25, 0.3) is 0 Å². The standard InChI is InChI=1S/C3H2ClF5O/c4-1-2(5,6)10-3(7,8)9/h1H2. The van der Waals surface area contributed by atoms with Crippen LogP contribution >= 0.6 is 11.6 Å². The van der Waals surface area contributed by atoms with Crippen molar-refractivity contribution < 1.29 is 26.7 Å². The average Bonchev–Trinajstić information content (AvgIpc) is 1.60. The van der Waals surface area contributed by atoms with Crippen LogP contribution in [-0.4, -0.2) is 18.4 Å². The first kappa shape index (κ1) is 9.90. The second-order valence-corrected chi connectivity index (χ2v) is 1.59. The molecule has 0 aliphatic heterocycles. The van der Waals surface area contributed by atoms with Gasteiger partial charge < -0.3 is 0 Å². The fraction of sp³-hybridized carbons (Fsp3) is 1.00. The Labute approximate surface area is 57.7 Å². The maximum atomic E-state index is 11.6. The number of rotatable bonds is 2. The van der Waals surface area contributed by atoms with Gasteiger partial charge in [0.05, 0.1) is 0 Å². The van der Waals surface area contributed by atoms with Crippen LogP contribution in [0, 0.1) is 0 Å². The summed E-state index contributed by atoms with van der Waals surface area (Å²) in [5.74, 6) is -1.52. The minimum absolute atomic E-state index is 1.52. The van der Waals surface area contributed by atoms with Crippen molar-refractivity contribution >= 4 is 11.6 Å². The molecule has 0 spiro atoms. The lowest BCUT2D eigenvalue weighted by Gasteiger charge is -2.14. The predicted octanol–water partition coefficient (Wildman–Crippen LogP) is 2.35. The monoisotopic (exact) mass is 184 g/mol. The normalized spacial score (nSPS) is 13.8. The van der Waals surface area contributed by atoms with E-state index in [9.17, 15) is 22.0 Å². The van der Waals surface area contributed by atoms with Gasteiger partial charge in [-0.25, -0.2) is 4.74 Å². The third-order valence-corrected chi connectivity index (χ3v) is 0.732. The highest BCUT2D eigenvalue weighted by Gasteiger charge is 2.44. The van der Waals surface area contributed by atoms with E-state index < -0.39 is 18.4 Å². The molecule has 0 aromatic rings. The quantitative estimate of drug-likeness (QED) is 0.473. The molecular weight excluding hydrogens is 182 g/mol. The Morgan fingerprint density at radius 3 is 1.60 bits per heavy atom. The van der Waals surface area contributed by atoms with E-state index in [1.165, 1.54) is 0 Å². The van der Waals surface area contributed by atoms with Crippen molar-refractivity contribution in [3.05, 3.63) is 0 Å². The summed E-state index contributed by atoms with van der Waals surface area (Å²) in [5.41, 5.74) is 0. The summed E-state index contributed by atoms with van der Waals surface area (Å²) in [6.07, 6.45) is -9.68. The Kier molecular flexibility index (Phi) is 2.85. The van der Waals surface area contributed by atoms with Gasteiger partial charge in [-0.05, 0) is 0 Å². The Hall–Kier alpha value is -0.100. The Morgan fingerprint density at radius 2 is 1.50 bits per heavy atom. The molecule has 0 aromatic heterocycles. The van der Waals surface area contributed by atoms with Crippen LogP contribution in [0.2, 0.25) is 0 Å². The first-order valence-electron chi connectivity index (χ1n) is 1.97. The molecule has 0 heterocycles. The predicted molar refractivity (Wildman–Crippen MR) is 22.8 cm³/mol. The lowest BCUT2D eigenvalue weighted by Crippen LogP contribution is -2.31. The van der Waals surface area contributed by atoms with Crippen molar-refractivity contribution in [3.8, 4) is 0 Å². The van der Waals surface area contributed by atoms with E-state index in [0.29, 0.717) is 0 Å². The molecule has 0 aliphatic carbocycles. The summed E-state index contributed by atoms with van der Waals surface area (Å²) >= 11 is 4.42. The molecular formula is C3H2ClF5O. The number of hydrogen-bond acceptors (Lipinski definition) is 1. The zero-order valence-corrected chi connectivity index (χ0v) is 5.14. The number of halogens is 6. The van der Waals surface area contributed by atoms with Gasteiger partial charge in [0.15, 0.2) is 0 Å². The molecule has 62 valence electrons. The first-order valence-corrected chi connectivity index (χ1v) is 2.51. The van der Waals surface area contributed by atoms with Gasteiger partial charge in [0.2, 0.25) is 0 Å². The molecule has 0 rings (SSSR count). The maximum Gasteiger partial charge on any atom is 0.527 e. The van der Waals surface area contributed by atoms with E-state index in [1.807, 2.05) is 0 Å². The SMILES string of the molecule is FC(F)(F)OC(F)(F)CCl. The second kappa shape index (κ2) is 2.87. The minimum Gasteiger partial charge on any atom is -0.225 e. The summed E-state index contributed by atoms with van der Waals surface area (Å²) < 4.78 is 58.4. The fourth-order valence-electron chi connectivity index (χ4n) is 0.197. The molecule has 0 aliphatic rings. The van der Waals surface area contributed by atoms with E-state index in [4.69, 9.17) is 0 Å². The molecule has 0 fully saturated rings. The zero-order chi connectivity index (χ0) is 8.41. The smallest absolute Gasteiger partial charge is 0.225 e. The van der Waals surface area contributed by atoms with Crippen molar-refractivity contribution in [2.75, 3.05) is 5.88 Å². The molecule has 0 aromatic carbocycles. The number of alkyl halides is 6. The third kappa shape index (κ3) is 4.75. The summed E-state index contributed by atoms with van der Waals surface area (Å²) in [6, 6.07) is 0. The van der Waals surface area contributed by atoms with E-state index in [-0.39, 0.29) is 0 Å². The summed E-state index contributed by atoms with van der Waals surface area (Å²) in [7, 11) is 0. The van der Waals surface area contributed by atoms with Crippen molar-refractivity contribution in [3.63, 3.8) is 0 Å². The molecule has 0 atom stereocenters. The van der Waals surface area contributed by atoms with Crippen LogP contribution in [0.5, 0.6) is 0 Å². The average molecular weight is 184 g/mol. The Bertz CT molecular complexity index is 110. The first-order chi connectivity index (χ1) is 4.27. The van der Waals surface area contributed by atoms with Gasteiger partial charge in [0.1, 0.15) is 5.88 Å². The van der Waals surface area contributed by atoms with Gasteiger partial charge in [0.25, 0.3) is 0 Å². The highest BCUT2D eigenvalue weighted by atomic mass is 35.5. The topological polar surface area (TPSA) is 9.23 Å². The summed E-state index contributed by atoms with van der Waals surface area (Å²) in [5, 5.41) is 0. The van der Waals surface area contributed by atoms with E-state index in [0.717, 1.165) is 0 Å². The lowest BCUT2D eigenvalue weighted by atomic mass is 10.7. The second-order valence-electron chi connectivity index (χ2n) is 1.32. The third-order valence-electron chi connectivity index (χ3n) is 0.421. The maximum absolute atomic E-state index is 11.6. The highest BCUT2D eigenvalue weighted by molar-refractivity contribution is 6.18. The summed E-state index contributed by atoms with van der Waals surface area (Å²) in [6.45, 7) is 0. The van der Waals surface area contributed by atoms with Gasteiger partial charge in [-0.2, -0.15) is 8.78 Å². The van der Waals surface area contributed by atoms with Crippen LogP contribution in [-0.2, 0) is 4.74 Å². The van der Waals surface area contributed by atoms with Gasteiger partial charge in [-0.1, -0.05) is 0 Å². The molecule has 0 bridgehead atoms. The van der Waals surface area contributed by atoms with Crippen molar-refractivity contribution in [2.45, 2.75) is 12.5 Å². The van der Waals surface area contributed by atoms with Crippen LogP contribution in [0.4, 0.5) is 22.0 Å². The molecule has 0 saturated heterocycles. The molecule has 0 saturated carbocycles. The van der Waals surface area contributed by atoms with Crippen molar-refractivity contribution in [2.24, 2.45) is 0 Å². The zero-order valence-electron chi connectivity index (χ0n) is 4.38. The molecule has 1 nitrogen and oxygen atoms in total. The lowest BCUT2D eigenvalue weighted by molar-refractivity contribution is -0.417. The van der Waals surface area contributed by atoms with Crippen molar-refractivity contribution in [1.29, 1.82) is 0 Å². The Balaban J connectivity index is 3.89. The van der Waals surface area contributed by atoms with Gasteiger partial charge in [-0.3, -0.25) is 0 Å². The van der Waals surface area contributed by atoms with Crippen molar-refractivity contribution in [1.82, 2.24) is 0 Å². The molecule has 0 N–H and O–H groups in total.